The lowest BCUT2D eigenvalue weighted by Gasteiger charge is -2.32. The van der Waals surface area contributed by atoms with Crippen molar-refractivity contribution < 1.29 is 9.53 Å². The van der Waals surface area contributed by atoms with E-state index in [0.717, 1.165) is 51.2 Å². The second-order valence-electron chi connectivity index (χ2n) is 5.56. The highest BCUT2D eigenvalue weighted by Crippen LogP contribution is 2.20. The maximum Gasteiger partial charge on any atom is 0.253 e. The van der Waals surface area contributed by atoms with Crippen LogP contribution < -0.4 is 5.32 Å². The van der Waals surface area contributed by atoms with Crippen molar-refractivity contribution in [1.82, 2.24) is 10.2 Å². The van der Waals surface area contributed by atoms with Gasteiger partial charge in [0.25, 0.3) is 5.91 Å². The topological polar surface area (TPSA) is 41.6 Å². The predicted octanol–water partition coefficient (Wildman–Crippen LogP) is 1.93. The molecular formula is C16H22N2O2. The Hall–Kier alpha value is -1.39. The Balaban J connectivity index is 1.72. The van der Waals surface area contributed by atoms with Crippen molar-refractivity contribution in [3.8, 4) is 0 Å². The van der Waals surface area contributed by atoms with Crippen molar-refractivity contribution in [1.29, 1.82) is 0 Å². The molecule has 1 aromatic carbocycles. The lowest BCUT2D eigenvalue weighted by Crippen LogP contribution is -2.43. The van der Waals surface area contributed by atoms with Crippen molar-refractivity contribution in [3.63, 3.8) is 0 Å². The molecule has 0 spiro atoms. The van der Waals surface area contributed by atoms with Crippen molar-refractivity contribution in [3.05, 3.63) is 34.9 Å². The number of benzene rings is 1. The van der Waals surface area contributed by atoms with Crippen molar-refractivity contribution >= 4 is 5.91 Å². The lowest BCUT2D eigenvalue weighted by molar-refractivity contribution is 0.00724. The average molecular weight is 274 g/mol. The van der Waals surface area contributed by atoms with Gasteiger partial charge in [0.15, 0.2) is 0 Å². The van der Waals surface area contributed by atoms with E-state index in [4.69, 9.17) is 4.74 Å². The van der Waals surface area contributed by atoms with Crippen LogP contribution in [0, 0.1) is 0 Å². The van der Waals surface area contributed by atoms with Gasteiger partial charge in [0, 0.05) is 38.3 Å². The molecule has 1 amide bonds. The number of piperidine rings is 1. The van der Waals surface area contributed by atoms with Gasteiger partial charge < -0.3 is 15.0 Å². The number of carbonyl (C=O) groups excluding carboxylic acids is 1. The van der Waals surface area contributed by atoms with Gasteiger partial charge in [-0.05, 0) is 43.0 Å². The van der Waals surface area contributed by atoms with E-state index >= 15 is 0 Å². The van der Waals surface area contributed by atoms with Crippen LogP contribution >= 0.6 is 0 Å². The molecule has 1 unspecified atom stereocenters. The Kier molecular flexibility index (Phi) is 4.03. The fourth-order valence-electron chi connectivity index (χ4n) is 3.10. The number of carbonyl (C=O) groups is 1. The molecule has 4 heteroatoms. The predicted molar refractivity (Wildman–Crippen MR) is 77.5 cm³/mol. The largest absolute Gasteiger partial charge is 0.377 e. The number of hydrogen-bond donors (Lipinski definition) is 1. The van der Waals surface area contributed by atoms with Gasteiger partial charge in [0.1, 0.15) is 0 Å². The average Bonchev–Trinajstić information content (AvgIpc) is 2.94. The molecule has 0 radical (unpaired) electrons. The summed E-state index contributed by atoms with van der Waals surface area (Å²) in [4.78, 5) is 14.5. The summed E-state index contributed by atoms with van der Waals surface area (Å²) in [5.74, 6) is 0.143. The molecule has 1 fully saturated rings. The molecule has 108 valence electrons. The lowest BCUT2D eigenvalue weighted by atomic mass is 10.0. The van der Waals surface area contributed by atoms with Crippen LogP contribution in [-0.2, 0) is 17.8 Å². The molecule has 1 saturated heterocycles. The summed E-state index contributed by atoms with van der Waals surface area (Å²) in [5, 5.41) is 3.31. The maximum atomic E-state index is 12.6. The standard InChI is InChI=1S/C16H22N2O2/c1-2-20-15-4-3-7-18(11-15)16(19)12-5-6-13-9-17-10-14(13)8-12/h5-6,8,15,17H,2-4,7,9-11H2,1H3. The van der Waals surface area contributed by atoms with Gasteiger partial charge in [-0.3, -0.25) is 4.79 Å². The van der Waals surface area contributed by atoms with Gasteiger partial charge in [-0.15, -0.1) is 0 Å². The molecule has 3 rings (SSSR count). The smallest absolute Gasteiger partial charge is 0.253 e. The first-order valence-corrected chi connectivity index (χ1v) is 7.51. The zero-order chi connectivity index (χ0) is 13.9. The third kappa shape index (κ3) is 2.72. The number of fused-ring (bicyclic) bond motifs is 1. The van der Waals surface area contributed by atoms with E-state index in [1.807, 2.05) is 24.0 Å². The van der Waals surface area contributed by atoms with Gasteiger partial charge in [-0.2, -0.15) is 0 Å². The highest BCUT2D eigenvalue weighted by Gasteiger charge is 2.25. The summed E-state index contributed by atoms with van der Waals surface area (Å²) in [7, 11) is 0. The minimum Gasteiger partial charge on any atom is -0.377 e. The van der Waals surface area contributed by atoms with Crippen molar-refractivity contribution in [2.75, 3.05) is 19.7 Å². The summed E-state index contributed by atoms with van der Waals surface area (Å²) in [5.41, 5.74) is 3.38. The number of rotatable bonds is 3. The molecular weight excluding hydrogens is 252 g/mol. The fraction of sp³-hybridized carbons (Fsp3) is 0.562. The molecule has 0 aromatic heterocycles. The summed E-state index contributed by atoms with van der Waals surface area (Å²) in [6, 6.07) is 6.08. The first-order valence-electron chi connectivity index (χ1n) is 7.51. The number of ether oxygens (including phenoxy) is 1. The van der Waals surface area contributed by atoms with Crippen LogP contribution in [0.2, 0.25) is 0 Å². The van der Waals surface area contributed by atoms with Gasteiger partial charge in [-0.1, -0.05) is 6.07 Å². The zero-order valence-electron chi connectivity index (χ0n) is 12.0. The number of likely N-dealkylation sites (tertiary alicyclic amines) is 1. The number of amides is 1. The molecule has 0 bridgehead atoms. The van der Waals surface area contributed by atoms with Crippen molar-refractivity contribution in [2.24, 2.45) is 0 Å². The van der Waals surface area contributed by atoms with Gasteiger partial charge >= 0.3 is 0 Å². The molecule has 1 N–H and O–H groups in total. The molecule has 1 aromatic rings. The minimum atomic E-state index is 0.143. The van der Waals surface area contributed by atoms with Crippen LogP contribution in [0.3, 0.4) is 0 Å². The Morgan fingerprint density at radius 2 is 2.25 bits per heavy atom. The SMILES string of the molecule is CCOC1CCCN(C(=O)c2ccc3c(c2)CNC3)C1. The van der Waals surface area contributed by atoms with Crippen LogP contribution in [0.25, 0.3) is 0 Å². The monoisotopic (exact) mass is 274 g/mol. The second-order valence-corrected chi connectivity index (χ2v) is 5.56. The van der Waals surface area contributed by atoms with E-state index in [2.05, 4.69) is 11.4 Å². The van der Waals surface area contributed by atoms with Crippen LogP contribution in [0.4, 0.5) is 0 Å². The fourth-order valence-corrected chi connectivity index (χ4v) is 3.10. The molecule has 0 saturated carbocycles. The number of nitrogens with zero attached hydrogens (tertiary/aromatic N) is 1. The molecule has 4 nitrogen and oxygen atoms in total. The van der Waals surface area contributed by atoms with E-state index in [9.17, 15) is 4.79 Å². The summed E-state index contributed by atoms with van der Waals surface area (Å²) < 4.78 is 5.67. The molecule has 0 aliphatic carbocycles. The first kappa shape index (κ1) is 13.6. The molecule has 20 heavy (non-hydrogen) atoms. The Bertz CT molecular complexity index is 499. The highest BCUT2D eigenvalue weighted by molar-refractivity contribution is 5.94. The van der Waals surface area contributed by atoms with E-state index in [-0.39, 0.29) is 12.0 Å². The quantitative estimate of drug-likeness (QED) is 0.915. The highest BCUT2D eigenvalue weighted by atomic mass is 16.5. The first-order chi connectivity index (χ1) is 9.78. The normalized spacial score (nSPS) is 21.9. The third-order valence-corrected chi connectivity index (χ3v) is 4.15. The molecule has 2 aliphatic heterocycles. The van der Waals surface area contributed by atoms with Gasteiger partial charge in [-0.25, -0.2) is 0 Å². The Labute approximate surface area is 120 Å². The van der Waals surface area contributed by atoms with E-state index in [1.165, 1.54) is 11.1 Å². The van der Waals surface area contributed by atoms with Gasteiger partial charge in [0.05, 0.1) is 6.10 Å². The molecule has 2 heterocycles. The van der Waals surface area contributed by atoms with E-state index in [0.29, 0.717) is 0 Å². The van der Waals surface area contributed by atoms with Crippen LogP contribution in [-0.4, -0.2) is 36.6 Å². The summed E-state index contributed by atoms with van der Waals surface area (Å²) >= 11 is 0. The maximum absolute atomic E-state index is 12.6. The minimum absolute atomic E-state index is 0.143. The van der Waals surface area contributed by atoms with Crippen LogP contribution in [0.15, 0.2) is 18.2 Å². The van der Waals surface area contributed by atoms with Gasteiger partial charge in [0.2, 0.25) is 0 Å². The Morgan fingerprint density at radius 1 is 1.40 bits per heavy atom. The van der Waals surface area contributed by atoms with E-state index in [1.54, 1.807) is 0 Å². The van der Waals surface area contributed by atoms with E-state index < -0.39 is 0 Å². The second kappa shape index (κ2) is 5.94. The summed E-state index contributed by atoms with van der Waals surface area (Å²) in [6.07, 6.45) is 2.29. The number of nitrogens with one attached hydrogen (secondary N) is 1. The zero-order valence-corrected chi connectivity index (χ0v) is 12.0. The van der Waals surface area contributed by atoms with Crippen LogP contribution in [0.5, 0.6) is 0 Å². The summed E-state index contributed by atoms with van der Waals surface area (Å²) in [6.45, 7) is 6.09. The third-order valence-electron chi connectivity index (χ3n) is 4.15. The van der Waals surface area contributed by atoms with Crippen molar-refractivity contribution in [2.45, 2.75) is 39.0 Å². The Morgan fingerprint density at radius 3 is 3.10 bits per heavy atom. The van der Waals surface area contributed by atoms with Crippen LogP contribution in [0.1, 0.15) is 41.3 Å². The molecule has 2 aliphatic rings. The molecule has 1 atom stereocenters. The number of hydrogen-bond acceptors (Lipinski definition) is 3.